The molecule has 2 aromatic carbocycles. The summed E-state index contributed by atoms with van der Waals surface area (Å²) in [5, 5.41) is 11.7. The summed E-state index contributed by atoms with van der Waals surface area (Å²) < 4.78 is 10.5. The third-order valence-corrected chi connectivity index (χ3v) is 4.84. The number of methoxy groups -OCH3 is 1. The van der Waals surface area contributed by atoms with Gasteiger partial charge in [0.1, 0.15) is 5.69 Å². The summed E-state index contributed by atoms with van der Waals surface area (Å²) in [6, 6.07) is 14.3. The van der Waals surface area contributed by atoms with E-state index < -0.39 is 4.92 Å². The average molecular weight is 399 g/mol. The Labute approximate surface area is 169 Å². The molecule has 0 aliphatic carbocycles. The molecule has 0 spiro atoms. The number of nitro groups is 1. The molecule has 1 aliphatic heterocycles. The van der Waals surface area contributed by atoms with Gasteiger partial charge in [-0.1, -0.05) is 30.3 Å². The molecule has 29 heavy (non-hydrogen) atoms. The van der Waals surface area contributed by atoms with E-state index in [-0.39, 0.29) is 11.6 Å². The van der Waals surface area contributed by atoms with Crippen LogP contribution in [0.1, 0.15) is 15.9 Å². The predicted molar refractivity (Wildman–Crippen MR) is 109 cm³/mol. The van der Waals surface area contributed by atoms with Crippen LogP contribution < -0.4 is 4.90 Å². The molecule has 0 atom stereocenters. The molecule has 0 radical (unpaired) electrons. The van der Waals surface area contributed by atoms with E-state index in [1.54, 1.807) is 24.1 Å². The van der Waals surface area contributed by atoms with Crippen molar-refractivity contribution in [3.63, 3.8) is 0 Å². The lowest BCUT2D eigenvalue weighted by molar-refractivity contribution is -0.384. The fourth-order valence-corrected chi connectivity index (χ4v) is 3.31. The Kier molecular flexibility index (Phi) is 7.15. The first-order chi connectivity index (χ1) is 14.1. The zero-order valence-electron chi connectivity index (χ0n) is 16.5. The molecule has 1 saturated heterocycles. The molecule has 154 valence electrons. The van der Waals surface area contributed by atoms with E-state index >= 15 is 0 Å². The summed E-state index contributed by atoms with van der Waals surface area (Å²) in [4.78, 5) is 27.9. The van der Waals surface area contributed by atoms with E-state index in [9.17, 15) is 14.9 Å². The highest BCUT2D eigenvalue weighted by atomic mass is 16.6. The van der Waals surface area contributed by atoms with Crippen LogP contribution in [0, 0.1) is 10.1 Å². The van der Waals surface area contributed by atoms with Gasteiger partial charge >= 0.3 is 0 Å². The molecule has 1 fully saturated rings. The second kappa shape index (κ2) is 9.99. The van der Waals surface area contributed by atoms with Crippen molar-refractivity contribution in [3.05, 3.63) is 69.8 Å². The number of hydrogen-bond acceptors (Lipinski definition) is 6. The molecule has 0 unspecified atom stereocenters. The first-order valence-corrected chi connectivity index (χ1v) is 9.53. The van der Waals surface area contributed by atoms with Gasteiger partial charge < -0.3 is 19.3 Å². The summed E-state index contributed by atoms with van der Waals surface area (Å²) >= 11 is 0. The SMILES string of the molecule is COCCN(Cc1ccccc1)C(=O)c1ccc(N2CCOCC2)c([N+](=O)[O-])c1. The van der Waals surface area contributed by atoms with Crippen LogP contribution >= 0.6 is 0 Å². The van der Waals surface area contributed by atoms with Crippen LogP contribution in [0.25, 0.3) is 0 Å². The largest absolute Gasteiger partial charge is 0.383 e. The third-order valence-electron chi connectivity index (χ3n) is 4.84. The smallest absolute Gasteiger partial charge is 0.293 e. The van der Waals surface area contributed by atoms with E-state index in [2.05, 4.69) is 0 Å². The number of ether oxygens (including phenoxy) is 2. The van der Waals surface area contributed by atoms with Crippen molar-refractivity contribution in [2.45, 2.75) is 6.54 Å². The highest BCUT2D eigenvalue weighted by Gasteiger charge is 2.25. The Hall–Kier alpha value is -2.97. The van der Waals surface area contributed by atoms with Crippen molar-refractivity contribution in [1.29, 1.82) is 0 Å². The maximum Gasteiger partial charge on any atom is 0.293 e. The Bertz CT molecular complexity index is 837. The highest BCUT2D eigenvalue weighted by Crippen LogP contribution is 2.30. The van der Waals surface area contributed by atoms with Gasteiger partial charge in [0, 0.05) is 44.9 Å². The molecule has 0 bridgehead atoms. The number of amides is 1. The quantitative estimate of drug-likeness (QED) is 0.501. The lowest BCUT2D eigenvalue weighted by Crippen LogP contribution is -2.37. The Morgan fingerprint density at radius 3 is 2.59 bits per heavy atom. The molecule has 1 amide bonds. The number of nitro benzene ring substituents is 1. The second-order valence-corrected chi connectivity index (χ2v) is 6.77. The van der Waals surface area contributed by atoms with Gasteiger partial charge in [-0.2, -0.15) is 0 Å². The minimum absolute atomic E-state index is 0.0656. The predicted octanol–water partition coefficient (Wildman–Crippen LogP) is 2.72. The number of hydrogen-bond donors (Lipinski definition) is 0. The highest BCUT2D eigenvalue weighted by molar-refractivity contribution is 5.95. The number of carbonyl (C=O) groups excluding carboxylic acids is 1. The second-order valence-electron chi connectivity index (χ2n) is 6.77. The first-order valence-electron chi connectivity index (χ1n) is 9.53. The number of benzene rings is 2. The molecule has 8 heteroatoms. The summed E-state index contributed by atoms with van der Waals surface area (Å²) in [6.07, 6.45) is 0. The van der Waals surface area contributed by atoms with Crippen molar-refractivity contribution in [3.8, 4) is 0 Å². The van der Waals surface area contributed by atoms with Crippen molar-refractivity contribution in [2.75, 3.05) is 51.5 Å². The van der Waals surface area contributed by atoms with Gasteiger partial charge in [-0.05, 0) is 17.7 Å². The molecular weight excluding hydrogens is 374 g/mol. The monoisotopic (exact) mass is 399 g/mol. The van der Waals surface area contributed by atoms with Crippen LogP contribution in [-0.4, -0.2) is 62.3 Å². The van der Waals surface area contributed by atoms with E-state index in [1.807, 2.05) is 35.2 Å². The zero-order chi connectivity index (χ0) is 20.6. The van der Waals surface area contributed by atoms with Crippen molar-refractivity contribution in [1.82, 2.24) is 4.90 Å². The van der Waals surface area contributed by atoms with Crippen molar-refractivity contribution < 1.29 is 19.2 Å². The Morgan fingerprint density at radius 1 is 1.21 bits per heavy atom. The van der Waals surface area contributed by atoms with Crippen molar-refractivity contribution >= 4 is 17.3 Å². The van der Waals surface area contributed by atoms with Gasteiger partial charge in [-0.25, -0.2) is 0 Å². The molecule has 8 nitrogen and oxygen atoms in total. The minimum Gasteiger partial charge on any atom is -0.383 e. The van der Waals surface area contributed by atoms with Gasteiger partial charge in [0.25, 0.3) is 11.6 Å². The summed E-state index contributed by atoms with van der Waals surface area (Å²) in [7, 11) is 1.58. The molecule has 0 saturated carbocycles. The van der Waals surface area contributed by atoms with Crippen LogP contribution in [0.2, 0.25) is 0 Å². The molecule has 3 rings (SSSR count). The number of nitrogens with zero attached hydrogens (tertiary/aromatic N) is 3. The third kappa shape index (κ3) is 5.30. The Balaban J connectivity index is 1.86. The maximum absolute atomic E-state index is 13.1. The zero-order valence-corrected chi connectivity index (χ0v) is 16.5. The molecule has 0 aromatic heterocycles. The van der Waals surface area contributed by atoms with Crippen LogP contribution in [0.5, 0.6) is 0 Å². The van der Waals surface area contributed by atoms with E-state index in [0.717, 1.165) is 5.56 Å². The fraction of sp³-hybridized carbons (Fsp3) is 0.381. The van der Waals surface area contributed by atoms with Crippen molar-refractivity contribution in [2.24, 2.45) is 0 Å². The van der Waals surface area contributed by atoms with Crippen LogP contribution in [0.4, 0.5) is 11.4 Å². The van der Waals surface area contributed by atoms with Crippen LogP contribution in [-0.2, 0) is 16.0 Å². The lowest BCUT2D eigenvalue weighted by Gasteiger charge is -2.28. The number of rotatable bonds is 8. The summed E-state index contributed by atoms with van der Waals surface area (Å²) in [5.41, 5.74) is 1.72. The minimum atomic E-state index is -0.432. The topological polar surface area (TPSA) is 85.2 Å². The van der Waals surface area contributed by atoms with Gasteiger partial charge in [-0.3, -0.25) is 14.9 Å². The van der Waals surface area contributed by atoms with Gasteiger partial charge in [0.05, 0.1) is 24.7 Å². The standard InChI is InChI=1S/C21H25N3O5/c1-28-12-9-23(16-17-5-3-2-4-6-17)21(25)18-7-8-19(20(15-18)24(26)27)22-10-13-29-14-11-22/h2-8,15H,9-14,16H2,1H3. The first kappa shape index (κ1) is 20.8. The van der Waals surface area contributed by atoms with E-state index in [1.165, 1.54) is 6.07 Å². The molecule has 1 aliphatic rings. The average Bonchev–Trinajstić information content (AvgIpc) is 2.77. The van der Waals surface area contributed by atoms with Gasteiger partial charge in [0.2, 0.25) is 0 Å². The molecule has 2 aromatic rings. The number of anilines is 1. The molecular formula is C21H25N3O5. The fourth-order valence-electron chi connectivity index (χ4n) is 3.31. The lowest BCUT2D eigenvalue weighted by atomic mass is 10.1. The van der Waals surface area contributed by atoms with E-state index in [4.69, 9.17) is 9.47 Å². The summed E-state index contributed by atoms with van der Waals surface area (Å²) in [6.45, 7) is 3.40. The molecule has 1 heterocycles. The van der Waals surface area contributed by atoms with Crippen LogP contribution in [0.3, 0.4) is 0 Å². The van der Waals surface area contributed by atoms with Crippen LogP contribution in [0.15, 0.2) is 48.5 Å². The van der Waals surface area contributed by atoms with Gasteiger partial charge in [-0.15, -0.1) is 0 Å². The maximum atomic E-state index is 13.1. The van der Waals surface area contributed by atoms with Gasteiger partial charge in [0.15, 0.2) is 0 Å². The number of morpholine rings is 1. The molecule has 0 N–H and O–H groups in total. The number of carbonyl (C=O) groups is 1. The Morgan fingerprint density at radius 2 is 1.93 bits per heavy atom. The van der Waals surface area contributed by atoms with E-state index in [0.29, 0.717) is 57.3 Å². The normalized spacial score (nSPS) is 13.9. The summed E-state index contributed by atoms with van der Waals surface area (Å²) in [5.74, 6) is -0.262.